The van der Waals surface area contributed by atoms with Crippen LogP contribution in [0.1, 0.15) is 11.9 Å². The molecule has 1 aliphatic heterocycles. The number of carbonyl (C=O) groups is 1. The molecule has 0 radical (unpaired) electrons. The van der Waals surface area contributed by atoms with Crippen molar-refractivity contribution in [3.05, 3.63) is 29.8 Å². The van der Waals surface area contributed by atoms with Crippen molar-refractivity contribution in [3.8, 4) is 0 Å². The molecule has 1 fully saturated rings. The van der Waals surface area contributed by atoms with Crippen molar-refractivity contribution in [3.63, 3.8) is 0 Å². The van der Waals surface area contributed by atoms with Crippen LogP contribution >= 0.6 is 23.4 Å². The normalized spacial score (nSPS) is 23.8. The van der Waals surface area contributed by atoms with Crippen molar-refractivity contribution in [2.45, 2.75) is 37.0 Å². The van der Waals surface area contributed by atoms with Gasteiger partial charge in [-0.3, -0.25) is 9.36 Å². The monoisotopic (exact) mass is 498 g/mol. The maximum Gasteiger partial charge on any atom is 0.321 e. The number of rotatable bonds is 10. The first-order valence-corrected chi connectivity index (χ1v) is 11.6. The van der Waals surface area contributed by atoms with Gasteiger partial charge in [0, 0.05) is 36.4 Å². The molecule has 1 aliphatic rings. The lowest BCUT2D eigenvalue weighted by Crippen LogP contribution is -2.40. The summed E-state index contributed by atoms with van der Waals surface area (Å²) in [5.41, 5.74) is 7.15. The molecule has 1 saturated heterocycles. The van der Waals surface area contributed by atoms with E-state index < -0.39 is 36.6 Å². The molecule has 13 nitrogen and oxygen atoms in total. The minimum absolute atomic E-state index is 0.0680. The number of aliphatic hydroxyl groups is 2. The summed E-state index contributed by atoms with van der Waals surface area (Å²) in [7, 11) is 0. The SMILES string of the molecule is Nc1nc(Cl)nc2c1ncn2[C@@H]1O[C@H](CSCCN[C@@H](Cc2cnc[nH]2)C(=O)O)[C@@H](O)[C@H]1O. The zero-order valence-corrected chi connectivity index (χ0v) is 18.8. The number of halogens is 1. The fourth-order valence-electron chi connectivity index (χ4n) is 3.56. The van der Waals surface area contributed by atoms with Gasteiger partial charge in [-0.05, 0) is 11.6 Å². The van der Waals surface area contributed by atoms with Crippen molar-refractivity contribution in [1.29, 1.82) is 0 Å². The van der Waals surface area contributed by atoms with E-state index in [-0.39, 0.29) is 17.5 Å². The molecule has 3 aromatic rings. The molecule has 5 atom stereocenters. The Bertz CT molecular complexity index is 1100. The van der Waals surface area contributed by atoms with Crippen molar-refractivity contribution in [2.75, 3.05) is 23.8 Å². The van der Waals surface area contributed by atoms with Crippen LogP contribution in [0.2, 0.25) is 5.28 Å². The third-order valence-corrected chi connectivity index (χ3v) is 6.45. The van der Waals surface area contributed by atoms with Gasteiger partial charge in [0.2, 0.25) is 5.28 Å². The maximum atomic E-state index is 11.4. The minimum Gasteiger partial charge on any atom is -0.480 e. The van der Waals surface area contributed by atoms with E-state index in [0.717, 1.165) is 5.69 Å². The summed E-state index contributed by atoms with van der Waals surface area (Å²) in [6, 6.07) is -0.749. The highest BCUT2D eigenvalue weighted by Crippen LogP contribution is 2.33. The number of carboxylic acids is 1. The number of aliphatic hydroxyl groups excluding tert-OH is 2. The molecule has 15 heteroatoms. The van der Waals surface area contributed by atoms with Gasteiger partial charge in [0.15, 0.2) is 17.7 Å². The number of H-pyrrole nitrogens is 1. The molecule has 3 aromatic heterocycles. The molecule has 33 heavy (non-hydrogen) atoms. The Morgan fingerprint density at radius 1 is 1.39 bits per heavy atom. The average molecular weight is 499 g/mol. The summed E-state index contributed by atoms with van der Waals surface area (Å²) in [5, 5.41) is 33.3. The fourth-order valence-corrected chi connectivity index (χ4v) is 4.67. The molecule has 0 amide bonds. The fraction of sp³-hybridized carbons (Fsp3) is 0.500. The molecule has 0 aromatic carbocycles. The number of aromatic amines is 1. The Balaban J connectivity index is 1.30. The number of anilines is 1. The Labute approximate surface area is 196 Å². The number of fused-ring (bicyclic) bond motifs is 1. The van der Waals surface area contributed by atoms with E-state index in [1.165, 1.54) is 29.0 Å². The zero-order valence-electron chi connectivity index (χ0n) is 17.2. The smallest absolute Gasteiger partial charge is 0.321 e. The number of nitrogen functional groups attached to an aromatic ring is 1. The van der Waals surface area contributed by atoms with Crippen LogP contribution < -0.4 is 11.1 Å². The van der Waals surface area contributed by atoms with Crippen LogP contribution in [0.5, 0.6) is 0 Å². The zero-order chi connectivity index (χ0) is 23.5. The van der Waals surface area contributed by atoms with E-state index in [9.17, 15) is 20.1 Å². The summed E-state index contributed by atoms with van der Waals surface area (Å²) < 4.78 is 7.35. The third-order valence-electron chi connectivity index (χ3n) is 5.23. The number of nitrogens with one attached hydrogen (secondary N) is 2. The van der Waals surface area contributed by atoms with Gasteiger partial charge in [0.1, 0.15) is 23.8 Å². The average Bonchev–Trinajstić information content (AvgIpc) is 3.49. The van der Waals surface area contributed by atoms with E-state index in [0.29, 0.717) is 29.2 Å². The first kappa shape index (κ1) is 23.7. The van der Waals surface area contributed by atoms with Crippen LogP contribution in [0.25, 0.3) is 11.2 Å². The van der Waals surface area contributed by atoms with Crippen LogP contribution in [0.3, 0.4) is 0 Å². The van der Waals surface area contributed by atoms with E-state index >= 15 is 0 Å². The number of hydrogen-bond donors (Lipinski definition) is 6. The first-order chi connectivity index (χ1) is 15.8. The molecular formula is C18H23ClN8O5S. The van der Waals surface area contributed by atoms with Crippen molar-refractivity contribution >= 4 is 46.3 Å². The van der Waals surface area contributed by atoms with E-state index in [2.05, 4.69) is 30.2 Å². The Hall–Kier alpha value is -2.49. The van der Waals surface area contributed by atoms with E-state index in [4.69, 9.17) is 22.1 Å². The largest absolute Gasteiger partial charge is 0.480 e. The predicted molar refractivity (Wildman–Crippen MR) is 120 cm³/mol. The number of nitrogens with two attached hydrogens (primary N) is 1. The summed E-state index contributed by atoms with van der Waals surface area (Å²) >= 11 is 7.35. The van der Waals surface area contributed by atoms with Gasteiger partial charge < -0.3 is 36.1 Å². The molecule has 178 valence electrons. The lowest BCUT2D eigenvalue weighted by molar-refractivity contribution is -0.139. The number of aromatic nitrogens is 6. The highest BCUT2D eigenvalue weighted by atomic mass is 35.5. The molecule has 0 unspecified atom stereocenters. The second kappa shape index (κ2) is 10.2. The lowest BCUT2D eigenvalue weighted by Gasteiger charge is -2.16. The summed E-state index contributed by atoms with van der Waals surface area (Å²) in [6.07, 6.45) is 0.855. The van der Waals surface area contributed by atoms with Gasteiger partial charge in [-0.1, -0.05) is 0 Å². The molecule has 0 aliphatic carbocycles. The lowest BCUT2D eigenvalue weighted by atomic mass is 10.1. The second-order valence-corrected chi connectivity index (χ2v) is 8.94. The number of nitrogens with zero attached hydrogens (tertiary/aromatic N) is 5. The number of hydrogen-bond acceptors (Lipinski definition) is 11. The van der Waals surface area contributed by atoms with Crippen LogP contribution in [-0.2, 0) is 16.0 Å². The van der Waals surface area contributed by atoms with Crippen molar-refractivity contribution in [2.24, 2.45) is 0 Å². The minimum atomic E-state index is -1.22. The highest BCUT2D eigenvalue weighted by molar-refractivity contribution is 7.99. The molecule has 0 bridgehead atoms. The van der Waals surface area contributed by atoms with Gasteiger partial charge in [-0.25, -0.2) is 9.97 Å². The topological polar surface area (TPSA) is 197 Å². The molecule has 0 spiro atoms. The number of carboxylic acid groups (broad SMARTS) is 1. The van der Waals surface area contributed by atoms with Crippen LogP contribution in [-0.4, -0.2) is 93.2 Å². The van der Waals surface area contributed by atoms with Gasteiger partial charge >= 0.3 is 5.97 Å². The Kier molecular flexibility index (Phi) is 7.31. The molecule has 0 saturated carbocycles. The summed E-state index contributed by atoms with van der Waals surface area (Å²) in [4.78, 5) is 30.3. The number of thioether (sulfide) groups is 1. The number of imidazole rings is 2. The Morgan fingerprint density at radius 2 is 2.21 bits per heavy atom. The number of ether oxygens (including phenoxy) is 1. The standard InChI is InChI=1S/C18H23ClN8O5S/c19-18-25-14(20)11-15(26-18)27(7-24-11)16-13(29)12(28)10(32-16)5-33-2-1-22-9(17(30)31)3-8-4-21-6-23-8/h4,6-7,9-10,12-13,16,22,28-29H,1-3,5H2,(H,21,23)(H,30,31)(H2,20,25,26)/t9-,10+,12+,13+,16+/m0/s1. The van der Waals surface area contributed by atoms with E-state index in [1.807, 2.05) is 0 Å². The summed E-state index contributed by atoms with van der Waals surface area (Å²) in [5.74, 6) is 0.114. The third kappa shape index (κ3) is 5.20. The molecule has 4 heterocycles. The maximum absolute atomic E-state index is 11.4. The molecule has 7 N–H and O–H groups in total. The Morgan fingerprint density at radius 3 is 2.94 bits per heavy atom. The van der Waals surface area contributed by atoms with Gasteiger partial charge in [0.25, 0.3) is 0 Å². The van der Waals surface area contributed by atoms with Crippen molar-refractivity contribution in [1.82, 2.24) is 34.8 Å². The summed E-state index contributed by atoms with van der Waals surface area (Å²) in [6.45, 7) is 0.436. The molecular weight excluding hydrogens is 476 g/mol. The highest BCUT2D eigenvalue weighted by Gasteiger charge is 2.44. The van der Waals surface area contributed by atoms with Gasteiger partial charge in [-0.2, -0.15) is 21.7 Å². The number of aliphatic carboxylic acids is 1. The van der Waals surface area contributed by atoms with Crippen molar-refractivity contribution < 1.29 is 24.9 Å². The molecule has 4 rings (SSSR count). The van der Waals surface area contributed by atoms with E-state index in [1.54, 1.807) is 6.20 Å². The van der Waals surface area contributed by atoms with Gasteiger partial charge in [-0.15, -0.1) is 0 Å². The quantitative estimate of drug-likeness (QED) is 0.154. The van der Waals surface area contributed by atoms with Gasteiger partial charge in [0.05, 0.1) is 18.8 Å². The predicted octanol–water partition coefficient (Wildman–Crippen LogP) is -0.577. The van der Waals surface area contributed by atoms with Crippen LogP contribution in [0.4, 0.5) is 5.82 Å². The first-order valence-electron chi connectivity index (χ1n) is 10.0. The van der Waals surface area contributed by atoms with Crippen LogP contribution in [0, 0.1) is 0 Å². The second-order valence-electron chi connectivity index (χ2n) is 7.45. The van der Waals surface area contributed by atoms with Crippen LogP contribution in [0.15, 0.2) is 18.9 Å².